The molecule has 5 heteroatoms. The summed E-state index contributed by atoms with van der Waals surface area (Å²) < 4.78 is 5.87. The molecule has 0 heterocycles. The van der Waals surface area contributed by atoms with Crippen LogP contribution >= 0.6 is 0 Å². The molecule has 0 fully saturated rings. The van der Waals surface area contributed by atoms with E-state index >= 15 is 0 Å². The molecule has 4 aromatic rings. The van der Waals surface area contributed by atoms with Crippen LogP contribution in [0.4, 0.5) is 0 Å². The second-order valence-electron chi connectivity index (χ2n) is 9.96. The van der Waals surface area contributed by atoms with E-state index in [1.165, 1.54) is 105 Å². The van der Waals surface area contributed by atoms with Crippen molar-refractivity contribution < 1.29 is 0 Å². The van der Waals surface area contributed by atoms with Crippen LogP contribution in [-0.4, -0.2) is 91.2 Å². The number of rotatable bonds is 0. The molecule has 1 nitrogen and oxygen atoms in total. The normalized spacial score (nSPS) is 9.11. The largest absolute Gasteiger partial charge is 0.312 e. The van der Waals surface area contributed by atoms with E-state index < -0.39 is 0 Å². The number of benzene rings is 4. The smallest absolute Gasteiger partial charge is 0.258 e. The molecule has 0 bridgehead atoms. The standard InChI is InChI=1S/4C7H7.C3H9N.4Al.8H/c4*1-7-5-3-2-4-6-7;1-4(2)3;;;;;;;;;;;;/h4*3-6H,1H3;1-3H3;;;;;;;;;;;;. The molecular weight excluding hydrogens is 494 g/mol. The molecule has 36 heavy (non-hydrogen) atoms. The number of hydrogen-bond donors (Lipinski definition) is 0. The third-order valence-corrected chi connectivity index (χ3v) is 7.54. The van der Waals surface area contributed by atoms with Crippen LogP contribution in [0.1, 0.15) is 22.3 Å². The lowest BCUT2D eigenvalue weighted by Crippen LogP contribution is -1.99. The lowest BCUT2D eigenvalue weighted by Gasteiger charge is -1.90. The molecule has 0 saturated carbocycles. The van der Waals surface area contributed by atoms with Gasteiger partial charge in [0.25, 0.3) is 65.2 Å². The molecule has 0 amide bonds. The van der Waals surface area contributed by atoms with E-state index in [-0.39, 0.29) is 0 Å². The molecule has 0 aliphatic heterocycles. The van der Waals surface area contributed by atoms with Crippen molar-refractivity contribution >= 4 is 82.9 Å². The van der Waals surface area contributed by atoms with Gasteiger partial charge in [-0.3, -0.25) is 0 Å². The second-order valence-corrected chi connectivity index (χ2v) is 14.6. The summed E-state index contributed by atoms with van der Waals surface area (Å²) in [6, 6.07) is 34.7. The van der Waals surface area contributed by atoms with Gasteiger partial charge < -0.3 is 4.90 Å². The van der Waals surface area contributed by atoms with Gasteiger partial charge in [0.2, 0.25) is 0 Å². The van der Waals surface area contributed by atoms with Gasteiger partial charge in [-0.05, 0) is 48.8 Å². The third kappa shape index (κ3) is 22.2. The molecule has 186 valence electrons. The van der Waals surface area contributed by atoms with Crippen LogP contribution in [0.2, 0.25) is 0 Å². The van der Waals surface area contributed by atoms with Crippen LogP contribution in [0, 0.1) is 27.7 Å². The predicted octanol–water partition coefficient (Wildman–Crippen LogP) is 1.19. The number of hydrogen-bond acceptors (Lipinski definition) is 1. The van der Waals surface area contributed by atoms with Crippen molar-refractivity contribution in [2.24, 2.45) is 0 Å². The molecule has 0 spiro atoms. The maximum atomic E-state index is 2.18. The fourth-order valence-corrected chi connectivity index (χ4v) is 3.88. The molecule has 4 aromatic carbocycles. The Morgan fingerprint density at radius 1 is 0.333 bits per heavy atom. The Hall–Kier alpha value is -1.03. The molecule has 0 aromatic heterocycles. The Morgan fingerprint density at radius 2 is 0.444 bits per heavy atom. The van der Waals surface area contributed by atoms with E-state index in [9.17, 15) is 0 Å². The Bertz CT molecular complexity index is 797. The van der Waals surface area contributed by atoms with Crippen molar-refractivity contribution in [1.29, 1.82) is 0 Å². The third-order valence-electron chi connectivity index (χ3n) is 4.87. The zero-order chi connectivity index (χ0) is 27.5. The average molecular weight is 540 g/mol. The summed E-state index contributed by atoms with van der Waals surface area (Å²) in [5.74, 6) is 0. The van der Waals surface area contributed by atoms with E-state index in [0.717, 1.165) is 0 Å². The van der Waals surface area contributed by atoms with Crippen molar-refractivity contribution in [2.45, 2.75) is 27.7 Å². The SMILES string of the molecule is CN(C)C.Cc1cc[c]([AlH2])cc1.Cc1cc[c]([AlH2])cc1.Cc1cc[c]([AlH2])cc1.Cc1cc[c]([AlH2])cc1. The summed E-state index contributed by atoms with van der Waals surface area (Å²) in [5.41, 5.74) is 5.41. The first-order valence-corrected chi connectivity index (χ1v) is 16.6. The monoisotopic (exact) mass is 539 g/mol. The van der Waals surface area contributed by atoms with Gasteiger partial charge in [-0.1, -0.05) is 119 Å². The van der Waals surface area contributed by atoms with Gasteiger partial charge in [0.1, 0.15) is 0 Å². The van der Waals surface area contributed by atoms with Crippen LogP contribution in [-0.2, 0) is 0 Å². The maximum Gasteiger partial charge on any atom is 0.258 e. The van der Waals surface area contributed by atoms with Gasteiger partial charge >= 0.3 is 0 Å². The van der Waals surface area contributed by atoms with Gasteiger partial charge in [-0.25, -0.2) is 0 Å². The summed E-state index contributed by atoms with van der Waals surface area (Å²) >= 11 is 4.69. The molecule has 0 aliphatic carbocycles. The Labute approximate surface area is 254 Å². The number of aryl methyl sites for hydroxylation is 4. The molecule has 0 radical (unpaired) electrons. The van der Waals surface area contributed by atoms with Gasteiger partial charge in [0, 0.05) is 0 Å². The first-order valence-electron chi connectivity index (χ1n) is 12.6. The zero-order valence-electron chi connectivity index (χ0n) is 24.7. The summed E-state index contributed by atoms with van der Waals surface area (Å²) in [5, 5.41) is 0. The quantitative estimate of drug-likeness (QED) is 0.304. The molecule has 0 saturated heterocycles. The highest BCUT2D eigenvalue weighted by molar-refractivity contribution is 6.33. The van der Waals surface area contributed by atoms with E-state index in [2.05, 4.69) is 125 Å². The molecular formula is C31H45Al4N. The highest BCUT2D eigenvalue weighted by atomic mass is 27.1. The molecule has 0 aliphatic rings. The van der Waals surface area contributed by atoms with Crippen LogP contribution < -0.4 is 17.7 Å². The Kier molecular flexibility index (Phi) is 20.4. The van der Waals surface area contributed by atoms with Crippen LogP contribution in [0.25, 0.3) is 0 Å². The summed E-state index contributed by atoms with van der Waals surface area (Å²) in [6.45, 7) is 8.45. The second kappa shape index (κ2) is 21.0. The average Bonchev–Trinajstić information content (AvgIpc) is 2.83. The van der Waals surface area contributed by atoms with Crippen LogP contribution in [0.15, 0.2) is 97.1 Å². The van der Waals surface area contributed by atoms with Crippen LogP contribution in [0.3, 0.4) is 0 Å². The fraction of sp³-hybridized carbons (Fsp3) is 0.226. The molecule has 4 rings (SSSR count). The van der Waals surface area contributed by atoms with E-state index in [4.69, 9.17) is 0 Å². The van der Waals surface area contributed by atoms with Crippen LogP contribution in [0.5, 0.6) is 0 Å². The van der Waals surface area contributed by atoms with Gasteiger partial charge in [0.15, 0.2) is 0 Å². The molecule has 0 atom stereocenters. The summed E-state index contributed by atoms with van der Waals surface area (Å²) in [6.07, 6.45) is 0. The van der Waals surface area contributed by atoms with Gasteiger partial charge in [0.05, 0.1) is 0 Å². The van der Waals surface area contributed by atoms with Crippen molar-refractivity contribution in [3.63, 3.8) is 0 Å². The summed E-state index contributed by atoms with van der Waals surface area (Å²) in [7, 11) is 6.00. The first-order chi connectivity index (χ1) is 16.9. The van der Waals surface area contributed by atoms with Gasteiger partial charge in [-0.15, -0.1) is 17.7 Å². The van der Waals surface area contributed by atoms with Crippen molar-refractivity contribution in [1.82, 2.24) is 4.90 Å². The molecule has 0 unspecified atom stereocenters. The zero-order valence-corrected chi connectivity index (χ0v) is 32.7. The minimum Gasteiger partial charge on any atom is -0.312 e. The lowest BCUT2D eigenvalue weighted by molar-refractivity contribution is 0.505. The minimum absolute atomic E-state index is 1.17. The topological polar surface area (TPSA) is 3.24 Å². The van der Waals surface area contributed by atoms with Crippen molar-refractivity contribution in [3.05, 3.63) is 119 Å². The highest BCUT2D eigenvalue weighted by Crippen LogP contribution is 1.92. The minimum atomic E-state index is 1.17. The summed E-state index contributed by atoms with van der Waals surface area (Å²) in [4.78, 5) is 2.00. The Balaban J connectivity index is 0.000000433. The van der Waals surface area contributed by atoms with Crippen molar-refractivity contribution in [3.8, 4) is 0 Å². The van der Waals surface area contributed by atoms with Crippen molar-refractivity contribution in [2.75, 3.05) is 21.1 Å². The van der Waals surface area contributed by atoms with E-state index in [1.54, 1.807) is 0 Å². The maximum absolute atomic E-state index is 2.18. The van der Waals surface area contributed by atoms with E-state index in [0.29, 0.717) is 0 Å². The van der Waals surface area contributed by atoms with Gasteiger partial charge in [-0.2, -0.15) is 0 Å². The predicted molar refractivity (Wildman–Crippen MR) is 177 cm³/mol. The fourth-order valence-electron chi connectivity index (χ4n) is 2.55. The first kappa shape index (κ1) is 35.0. The number of nitrogens with zero attached hydrogens (tertiary/aromatic N) is 1. The molecule has 0 N–H and O–H groups in total. The highest BCUT2D eigenvalue weighted by Gasteiger charge is 1.82. The van der Waals surface area contributed by atoms with E-state index in [1.807, 2.05) is 26.0 Å². The lowest BCUT2D eigenvalue weighted by atomic mass is 10.2. The Morgan fingerprint density at radius 3 is 0.528 bits per heavy atom.